The Morgan fingerprint density at radius 2 is 1.58 bits per heavy atom. The molecule has 0 aromatic rings. The second kappa shape index (κ2) is 6.24. The third kappa shape index (κ3) is 3.91. The zero-order chi connectivity index (χ0) is 8.65. The van der Waals surface area contributed by atoms with Crippen molar-refractivity contribution < 1.29 is 5.11 Å². The summed E-state index contributed by atoms with van der Waals surface area (Å²) in [5, 5.41) is 8.68. The van der Waals surface area contributed by atoms with Gasteiger partial charge in [-0.25, -0.2) is 0 Å². The van der Waals surface area contributed by atoms with E-state index in [4.69, 9.17) is 5.11 Å². The maximum atomic E-state index is 8.68. The molecule has 0 amide bonds. The Balaban J connectivity index is 2.28. The molecule has 1 fully saturated rings. The monoisotopic (exact) mass is 168 g/mol. The van der Waals surface area contributed by atoms with Crippen molar-refractivity contribution in [1.29, 1.82) is 0 Å². The maximum absolute atomic E-state index is 8.68. The van der Waals surface area contributed by atoms with E-state index in [0.29, 0.717) is 6.61 Å². The Morgan fingerprint density at radius 1 is 1.00 bits per heavy atom. The molecule has 0 bridgehead atoms. The van der Waals surface area contributed by atoms with Gasteiger partial charge in [0.25, 0.3) is 0 Å². The minimum absolute atomic E-state index is 0.309. The summed E-state index contributed by atoms with van der Waals surface area (Å²) in [4.78, 5) is 0. The molecule has 70 valence electrons. The molecule has 1 heteroatoms. The van der Waals surface area contributed by atoms with Crippen molar-refractivity contribution in [2.75, 3.05) is 6.61 Å². The molecule has 0 unspecified atom stereocenters. The molecule has 0 heterocycles. The summed E-state index contributed by atoms with van der Waals surface area (Å²) in [5.74, 6) is 0. The van der Waals surface area contributed by atoms with E-state index >= 15 is 0 Å². The summed E-state index contributed by atoms with van der Waals surface area (Å²) < 4.78 is 0. The molecule has 1 aliphatic rings. The lowest BCUT2D eigenvalue weighted by Gasteiger charge is -2.11. The second-order valence-electron chi connectivity index (χ2n) is 3.64. The van der Waals surface area contributed by atoms with Crippen LogP contribution in [0.1, 0.15) is 51.4 Å². The van der Waals surface area contributed by atoms with E-state index in [2.05, 4.69) is 6.08 Å². The van der Waals surface area contributed by atoms with Crippen LogP contribution in [0.4, 0.5) is 0 Å². The van der Waals surface area contributed by atoms with E-state index in [1.807, 2.05) is 0 Å². The molecule has 0 saturated heterocycles. The summed E-state index contributed by atoms with van der Waals surface area (Å²) in [7, 11) is 0. The van der Waals surface area contributed by atoms with Crippen molar-refractivity contribution in [3.05, 3.63) is 11.6 Å². The third-order valence-corrected chi connectivity index (χ3v) is 2.56. The fourth-order valence-corrected chi connectivity index (χ4v) is 1.83. The van der Waals surface area contributed by atoms with Crippen LogP contribution < -0.4 is 0 Å². The van der Waals surface area contributed by atoms with Gasteiger partial charge >= 0.3 is 0 Å². The van der Waals surface area contributed by atoms with Crippen molar-refractivity contribution in [2.45, 2.75) is 51.4 Å². The lowest BCUT2D eigenvalue weighted by molar-refractivity contribution is 0.302. The van der Waals surface area contributed by atoms with E-state index in [9.17, 15) is 0 Å². The molecular formula is C11H20O. The Kier molecular flexibility index (Phi) is 5.09. The molecule has 1 rings (SSSR count). The van der Waals surface area contributed by atoms with Gasteiger partial charge in [-0.1, -0.05) is 30.9 Å². The van der Waals surface area contributed by atoms with E-state index in [0.717, 1.165) is 6.42 Å². The molecule has 0 aromatic carbocycles. The largest absolute Gasteiger partial charge is 0.396 e. The maximum Gasteiger partial charge on any atom is 0.0465 e. The van der Waals surface area contributed by atoms with Crippen molar-refractivity contribution in [1.82, 2.24) is 0 Å². The van der Waals surface area contributed by atoms with Gasteiger partial charge in [-0.15, -0.1) is 0 Å². The fourth-order valence-electron chi connectivity index (χ4n) is 1.83. The number of rotatable bonds is 2. The first-order chi connectivity index (χ1) is 5.93. The highest BCUT2D eigenvalue weighted by molar-refractivity contribution is 5.02. The van der Waals surface area contributed by atoms with E-state index in [1.165, 1.54) is 44.9 Å². The molecule has 1 aliphatic carbocycles. The van der Waals surface area contributed by atoms with Crippen molar-refractivity contribution in [2.24, 2.45) is 0 Å². The van der Waals surface area contributed by atoms with Crippen LogP contribution in [0.25, 0.3) is 0 Å². The smallest absolute Gasteiger partial charge is 0.0465 e. The summed E-state index contributed by atoms with van der Waals surface area (Å²) in [6.45, 7) is 0.309. The second-order valence-corrected chi connectivity index (χ2v) is 3.64. The van der Waals surface area contributed by atoms with Crippen LogP contribution in [0, 0.1) is 0 Å². The van der Waals surface area contributed by atoms with E-state index < -0.39 is 0 Å². The minimum atomic E-state index is 0.309. The zero-order valence-corrected chi connectivity index (χ0v) is 7.89. The summed E-state index contributed by atoms with van der Waals surface area (Å²) in [5.41, 5.74) is 1.59. The molecule has 12 heavy (non-hydrogen) atoms. The molecular weight excluding hydrogens is 148 g/mol. The highest BCUT2D eigenvalue weighted by Gasteiger charge is 2.02. The first kappa shape index (κ1) is 9.79. The lowest BCUT2D eigenvalue weighted by Crippen LogP contribution is -1.92. The van der Waals surface area contributed by atoms with Gasteiger partial charge in [-0.3, -0.25) is 0 Å². The van der Waals surface area contributed by atoms with Crippen LogP contribution >= 0.6 is 0 Å². The van der Waals surface area contributed by atoms with Gasteiger partial charge in [0, 0.05) is 6.61 Å². The summed E-state index contributed by atoms with van der Waals surface area (Å²) >= 11 is 0. The molecule has 0 atom stereocenters. The first-order valence-corrected chi connectivity index (χ1v) is 5.22. The molecule has 1 N–H and O–H groups in total. The summed E-state index contributed by atoms with van der Waals surface area (Å²) in [6.07, 6.45) is 12.6. The topological polar surface area (TPSA) is 20.2 Å². The van der Waals surface area contributed by atoms with E-state index in [-0.39, 0.29) is 0 Å². The zero-order valence-electron chi connectivity index (χ0n) is 7.89. The standard InChI is InChI=1S/C11H20O/c12-10-6-9-11-7-4-2-1-3-5-8-11/h9,12H,1-8,10H2. The quantitative estimate of drug-likeness (QED) is 0.628. The normalized spacial score (nSPS) is 19.9. The highest BCUT2D eigenvalue weighted by Crippen LogP contribution is 2.21. The van der Waals surface area contributed by atoms with Crippen LogP contribution in [0.3, 0.4) is 0 Å². The predicted molar refractivity (Wildman–Crippen MR) is 52.1 cm³/mol. The highest BCUT2D eigenvalue weighted by atomic mass is 16.2. The van der Waals surface area contributed by atoms with Crippen molar-refractivity contribution in [3.63, 3.8) is 0 Å². The summed E-state index contributed by atoms with van der Waals surface area (Å²) in [6, 6.07) is 0. The Bertz CT molecular complexity index is 128. The Labute approximate surface area is 75.5 Å². The van der Waals surface area contributed by atoms with E-state index in [1.54, 1.807) is 5.57 Å². The van der Waals surface area contributed by atoms with Crippen LogP contribution in [-0.2, 0) is 0 Å². The van der Waals surface area contributed by atoms with Crippen LogP contribution in [0.15, 0.2) is 11.6 Å². The molecule has 1 nitrogen and oxygen atoms in total. The van der Waals surface area contributed by atoms with Gasteiger partial charge in [0.15, 0.2) is 0 Å². The van der Waals surface area contributed by atoms with Gasteiger partial charge in [0.2, 0.25) is 0 Å². The predicted octanol–water partition coefficient (Wildman–Crippen LogP) is 3.04. The number of aliphatic hydroxyl groups is 1. The molecule has 0 aromatic heterocycles. The molecule has 0 aliphatic heterocycles. The van der Waals surface area contributed by atoms with Crippen LogP contribution in [0.2, 0.25) is 0 Å². The average molecular weight is 168 g/mol. The Hall–Kier alpha value is -0.300. The van der Waals surface area contributed by atoms with Gasteiger partial charge < -0.3 is 5.11 Å². The molecule has 0 radical (unpaired) electrons. The number of aliphatic hydroxyl groups excluding tert-OH is 1. The van der Waals surface area contributed by atoms with Gasteiger partial charge in [-0.05, 0) is 32.1 Å². The Morgan fingerprint density at radius 3 is 2.17 bits per heavy atom. The first-order valence-electron chi connectivity index (χ1n) is 5.22. The third-order valence-electron chi connectivity index (χ3n) is 2.56. The van der Waals surface area contributed by atoms with Crippen LogP contribution in [0.5, 0.6) is 0 Å². The number of hydrogen-bond acceptors (Lipinski definition) is 1. The van der Waals surface area contributed by atoms with Crippen molar-refractivity contribution in [3.8, 4) is 0 Å². The molecule has 1 saturated carbocycles. The van der Waals surface area contributed by atoms with Crippen LogP contribution in [-0.4, -0.2) is 11.7 Å². The van der Waals surface area contributed by atoms with Gasteiger partial charge in [-0.2, -0.15) is 0 Å². The lowest BCUT2D eigenvalue weighted by atomic mass is 9.96. The fraction of sp³-hybridized carbons (Fsp3) is 0.818. The minimum Gasteiger partial charge on any atom is -0.396 e. The van der Waals surface area contributed by atoms with Crippen molar-refractivity contribution >= 4 is 0 Å². The molecule has 0 spiro atoms. The van der Waals surface area contributed by atoms with Gasteiger partial charge in [0.1, 0.15) is 0 Å². The number of hydrogen-bond donors (Lipinski definition) is 1. The van der Waals surface area contributed by atoms with Gasteiger partial charge in [0.05, 0.1) is 0 Å². The number of allylic oxidation sites excluding steroid dienone is 1. The SMILES string of the molecule is OCCC=C1CCCCCCC1. The average Bonchev–Trinajstić information content (AvgIpc) is 2.02.